The normalized spacial score (nSPS) is 15.9. The maximum Gasteiger partial charge on any atom is 0.460 e. The van der Waals surface area contributed by atoms with Crippen LogP contribution in [-0.2, 0) is 9.47 Å². The van der Waals surface area contributed by atoms with Gasteiger partial charge in [-0.05, 0) is 18.6 Å². The lowest BCUT2D eigenvalue weighted by Gasteiger charge is -2.40. The van der Waals surface area contributed by atoms with E-state index in [1.165, 1.54) is 4.74 Å². The van der Waals surface area contributed by atoms with Gasteiger partial charge in [-0.15, -0.1) is 0 Å². The molecule has 0 heterocycles. The van der Waals surface area contributed by atoms with E-state index in [-0.39, 0.29) is 12.8 Å². The number of ether oxygens (including phenoxy) is 4. The lowest BCUT2D eigenvalue weighted by atomic mass is 10.1. The monoisotopic (exact) mass is 826 g/mol. The molecule has 52 heavy (non-hydrogen) atoms. The maximum atomic E-state index is 14.2. The second kappa shape index (κ2) is 14.7. The quantitative estimate of drug-likeness (QED) is 0.123. The number of para-hydroxylation sites is 2. The highest BCUT2D eigenvalue weighted by Gasteiger charge is 2.90. The summed E-state index contributed by atoms with van der Waals surface area (Å²) in [6.45, 7) is -2.08. The first-order valence-corrected chi connectivity index (χ1v) is 13.1. The number of benzene rings is 1. The second-order valence-corrected chi connectivity index (χ2v) is 10.1. The zero-order chi connectivity index (χ0) is 41.4. The number of hydrogen-bond donors (Lipinski definition) is 0. The number of hydrogen-bond acceptors (Lipinski definition) is 4. The van der Waals surface area contributed by atoms with Crippen LogP contribution in [0.4, 0.5) is 105 Å². The van der Waals surface area contributed by atoms with Crippen molar-refractivity contribution in [1.29, 1.82) is 0 Å². The van der Waals surface area contributed by atoms with E-state index in [9.17, 15) is 105 Å². The summed E-state index contributed by atoms with van der Waals surface area (Å²) < 4.78 is 334. The minimum absolute atomic E-state index is 0.0135. The van der Waals surface area contributed by atoms with E-state index in [1.807, 2.05) is 0 Å². The minimum atomic E-state index is -8.84. The smallest absolute Gasteiger partial charge is 0.460 e. The Hall–Kier alpha value is -2.94. The molecule has 1 unspecified atom stereocenters. The molecule has 0 aliphatic heterocycles. The van der Waals surface area contributed by atoms with Crippen molar-refractivity contribution in [2.45, 2.75) is 98.5 Å². The number of halogens is 24. The highest BCUT2D eigenvalue weighted by atomic mass is 19.4. The molecular formula is C24H18F24O4. The third-order valence-electron chi connectivity index (χ3n) is 6.13. The van der Waals surface area contributed by atoms with Crippen molar-refractivity contribution >= 4 is 0 Å². The first-order chi connectivity index (χ1) is 22.8. The van der Waals surface area contributed by atoms with E-state index in [0.29, 0.717) is 12.5 Å². The van der Waals surface area contributed by atoms with Crippen molar-refractivity contribution in [2.75, 3.05) is 13.2 Å². The molecule has 28 heteroatoms. The van der Waals surface area contributed by atoms with Crippen molar-refractivity contribution < 1.29 is 124 Å². The van der Waals surface area contributed by atoms with Gasteiger partial charge in [-0.1, -0.05) is 25.5 Å². The predicted octanol–water partition coefficient (Wildman–Crippen LogP) is 10.8. The van der Waals surface area contributed by atoms with E-state index in [2.05, 4.69) is 4.74 Å². The van der Waals surface area contributed by atoms with Gasteiger partial charge in [0.1, 0.15) is 6.17 Å². The van der Waals surface area contributed by atoms with E-state index < -0.39 is 97.0 Å². The molecule has 306 valence electrons. The van der Waals surface area contributed by atoms with Gasteiger partial charge in [0.2, 0.25) is 0 Å². The van der Waals surface area contributed by atoms with Gasteiger partial charge in [-0.3, -0.25) is 0 Å². The van der Waals surface area contributed by atoms with Crippen molar-refractivity contribution in [3.8, 4) is 11.5 Å². The zero-order valence-electron chi connectivity index (χ0n) is 24.6. The molecule has 0 saturated carbocycles. The van der Waals surface area contributed by atoms with Gasteiger partial charge >= 0.3 is 66.1 Å². The fraction of sp³-hybridized carbons (Fsp3) is 0.750. The Kier molecular flexibility index (Phi) is 13.3. The Morgan fingerprint density at radius 2 is 0.827 bits per heavy atom. The Bertz CT molecular complexity index is 1330. The summed E-state index contributed by atoms with van der Waals surface area (Å²) in [5.74, 6) is -50.4. The molecule has 0 amide bonds. The summed E-state index contributed by atoms with van der Waals surface area (Å²) in [6.07, 6.45) is -42.7. The van der Waals surface area contributed by atoms with Crippen LogP contribution in [0.15, 0.2) is 24.3 Å². The Balaban J connectivity index is 3.35. The van der Waals surface area contributed by atoms with Crippen LogP contribution < -0.4 is 9.47 Å². The molecule has 4 nitrogen and oxygen atoms in total. The van der Waals surface area contributed by atoms with Crippen molar-refractivity contribution in [3.05, 3.63) is 24.3 Å². The van der Waals surface area contributed by atoms with Crippen LogP contribution in [0.25, 0.3) is 0 Å². The third kappa shape index (κ3) is 8.71. The highest BCUT2D eigenvalue weighted by molar-refractivity contribution is 5.39. The molecule has 0 saturated heterocycles. The average molecular weight is 826 g/mol. The first-order valence-electron chi connectivity index (χ1n) is 13.1. The van der Waals surface area contributed by atoms with E-state index in [1.54, 1.807) is 6.92 Å². The molecule has 0 radical (unpaired) electrons. The molecule has 0 spiro atoms. The molecule has 0 N–H and O–H groups in total. The van der Waals surface area contributed by atoms with E-state index >= 15 is 0 Å². The number of alkyl halides is 24. The standard InChI is InChI=1S/C24H18F24O4/c1-2-5-11(25)8-9-49-12-6-3-4-7-13(12)50-10-14(26,27)15(28,29)21(41,42)51-23(45,46)18(34,35)19(36,37)24(47,48)52-22(43,44)17(32,33)16(30,31)20(38,39)40/h3-4,6-7,11H,2,5,8-10H2,1H3. The number of rotatable bonds is 20. The van der Waals surface area contributed by atoms with Crippen LogP contribution in [0.3, 0.4) is 0 Å². The van der Waals surface area contributed by atoms with Gasteiger partial charge in [0, 0.05) is 6.42 Å². The van der Waals surface area contributed by atoms with Gasteiger partial charge in [-0.25, -0.2) is 13.9 Å². The topological polar surface area (TPSA) is 36.9 Å². The highest BCUT2D eigenvalue weighted by Crippen LogP contribution is 2.60. The van der Waals surface area contributed by atoms with Crippen LogP contribution in [0, 0.1) is 0 Å². The lowest BCUT2D eigenvalue weighted by Crippen LogP contribution is -2.69. The Morgan fingerprint density at radius 1 is 0.481 bits per heavy atom. The summed E-state index contributed by atoms with van der Waals surface area (Å²) in [4.78, 5) is 0. The van der Waals surface area contributed by atoms with Gasteiger partial charge in [0.05, 0.1) is 6.61 Å². The average Bonchev–Trinajstić information content (AvgIpc) is 2.94. The van der Waals surface area contributed by atoms with Gasteiger partial charge < -0.3 is 9.47 Å². The van der Waals surface area contributed by atoms with E-state index in [4.69, 9.17) is 4.74 Å². The SMILES string of the molecule is CCCC(F)CCOc1ccccc1OCC(F)(F)C(F)(F)C(F)(F)OC(F)(F)C(F)(F)C(F)(F)C(F)(F)OC(F)(F)C(F)(F)C(F)(F)C(F)(F)F. The van der Waals surface area contributed by atoms with Gasteiger partial charge in [-0.2, -0.15) is 101 Å². The first kappa shape index (κ1) is 47.1. The largest absolute Gasteiger partial charge is 0.490 e. The third-order valence-corrected chi connectivity index (χ3v) is 6.13. The molecule has 0 bridgehead atoms. The van der Waals surface area contributed by atoms with E-state index in [0.717, 1.165) is 22.9 Å². The molecule has 1 atom stereocenters. The molecule has 0 fully saturated rings. The lowest BCUT2D eigenvalue weighted by molar-refractivity contribution is -0.543. The minimum Gasteiger partial charge on any atom is -0.490 e. The summed E-state index contributed by atoms with van der Waals surface area (Å²) in [6, 6.07) is 3.36. The second-order valence-electron chi connectivity index (χ2n) is 10.1. The molecule has 1 rings (SSSR count). The molecule has 1 aromatic rings. The molecular weight excluding hydrogens is 808 g/mol. The van der Waals surface area contributed by atoms with Crippen LogP contribution in [-0.4, -0.2) is 85.5 Å². The van der Waals surface area contributed by atoms with Crippen LogP contribution in [0.5, 0.6) is 11.5 Å². The zero-order valence-corrected chi connectivity index (χ0v) is 24.6. The van der Waals surface area contributed by atoms with Crippen molar-refractivity contribution in [1.82, 2.24) is 0 Å². The predicted molar refractivity (Wildman–Crippen MR) is 120 cm³/mol. The summed E-state index contributed by atoms with van der Waals surface area (Å²) in [5, 5.41) is 0. The summed E-state index contributed by atoms with van der Waals surface area (Å²) in [5.41, 5.74) is 0. The van der Waals surface area contributed by atoms with Crippen LogP contribution in [0.1, 0.15) is 26.2 Å². The molecule has 0 aliphatic rings. The van der Waals surface area contributed by atoms with Crippen molar-refractivity contribution in [3.63, 3.8) is 0 Å². The maximum absolute atomic E-state index is 14.2. The Morgan fingerprint density at radius 3 is 1.19 bits per heavy atom. The van der Waals surface area contributed by atoms with Crippen LogP contribution in [0.2, 0.25) is 0 Å². The fourth-order valence-corrected chi connectivity index (χ4v) is 3.22. The van der Waals surface area contributed by atoms with Crippen molar-refractivity contribution in [2.24, 2.45) is 0 Å². The molecule has 0 aromatic heterocycles. The molecule has 0 aliphatic carbocycles. The van der Waals surface area contributed by atoms with Crippen LogP contribution >= 0.6 is 0 Å². The Labute approximate surface area is 272 Å². The summed E-state index contributed by atoms with van der Waals surface area (Å²) in [7, 11) is 0. The summed E-state index contributed by atoms with van der Waals surface area (Å²) >= 11 is 0. The fourth-order valence-electron chi connectivity index (χ4n) is 3.22. The van der Waals surface area contributed by atoms with Gasteiger partial charge in [0.15, 0.2) is 18.1 Å². The van der Waals surface area contributed by atoms with Gasteiger partial charge in [0.25, 0.3) is 0 Å². The molecule has 1 aromatic carbocycles.